The number of carbonyl (C=O) groups excluding carboxylic acids is 1. The van der Waals surface area contributed by atoms with Crippen molar-refractivity contribution in [2.45, 2.75) is 0 Å². The van der Waals surface area contributed by atoms with Crippen molar-refractivity contribution >= 4 is 15.3 Å². The largest absolute Gasteiger partial charge is 0.484 e. The summed E-state index contributed by atoms with van der Waals surface area (Å²) in [6, 6.07) is 11.5. The Morgan fingerprint density at radius 2 is 1.88 bits per heavy atom. The summed E-state index contributed by atoms with van der Waals surface area (Å²) in [6.45, 7) is 0.0202. The number of ether oxygens (including phenoxy) is 1. The van der Waals surface area contributed by atoms with E-state index in [9.17, 15) is 4.79 Å². The molecule has 17 heavy (non-hydrogen) atoms. The number of hydrogen-bond acceptors (Lipinski definition) is 2. The average molecular weight is 248 g/mol. The first kappa shape index (κ1) is 11.7. The zero-order valence-electron chi connectivity index (χ0n) is 9.17. The van der Waals surface area contributed by atoms with Gasteiger partial charge in [-0.25, -0.2) is 0 Å². The van der Waals surface area contributed by atoms with Gasteiger partial charge in [0.2, 0.25) is 0 Å². The van der Waals surface area contributed by atoms with Crippen molar-refractivity contribution in [2.24, 2.45) is 0 Å². The van der Waals surface area contributed by atoms with Gasteiger partial charge in [-0.2, -0.15) is 0 Å². The quantitative estimate of drug-likeness (QED) is 0.838. The second-order valence-electron chi connectivity index (χ2n) is 3.44. The molecule has 0 aliphatic heterocycles. The first-order valence-corrected chi connectivity index (χ1v) is 5.73. The molecule has 0 fully saturated rings. The van der Waals surface area contributed by atoms with Crippen LogP contribution in [0.2, 0.25) is 0 Å². The van der Waals surface area contributed by atoms with Gasteiger partial charge in [0.15, 0.2) is 6.61 Å². The SMILES string of the molecule is O=C(COc1ccc(-n2cccc2)cc1)NP. The molecule has 1 N–H and O–H groups in total. The molecule has 1 aromatic heterocycles. The first-order chi connectivity index (χ1) is 8.29. The minimum atomic E-state index is -0.176. The lowest BCUT2D eigenvalue weighted by molar-refractivity contribution is -0.121. The minimum Gasteiger partial charge on any atom is -0.484 e. The van der Waals surface area contributed by atoms with Gasteiger partial charge < -0.3 is 14.4 Å². The molecule has 1 aromatic carbocycles. The maximum Gasteiger partial charge on any atom is 0.260 e. The Bertz CT molecular complexity index is 480. The predicted molar refractivity (Wildman–Crippen MR) is 69.1 cm³/mol. The highest BCUT2D eigenvalue weighted by Crippen LogP contribution is 2.15. The van der Waals surface area contributed by atoms with Gasteiger partial charge in [0, 0.05) is 18.1 Å². The van der Waals surface area contributed by atoms with E-state index in [0.29, 0.717) is 5.75 Å². The smallest absolute Gasteiger partial charge is 0.260 e. The third-order valence-electron chi connectivity index (χ3n) is 2.27. The van der Waals surface area contributed by atoms with Crippen molar-refractivity contribution < 1.29 is 9.53 Å². The number of rotatable bonds is 4. The first-order valence-electron chi connectivity index (χ1n) is 5.15. The molecule has 0 radical (unpaired) electrons. The maximum atomic E-state index is 11.0. The number of nitrogens with zero attached hydrogens (tertiary/aromatic N) is 1. The lowest BCUT2D eigenvalue weighted by atomic mass is 10.3. The van der Waals surface area contributed by atoms with Crippen LogP contribution in [0.4, 0.5) is 0 Å². The molecule has 2 rings (SSSR count). The molecule has 1 heterocycles. The van der Waals surface area contributed by atoms with Crippen LogP contribution in [0.25, 0.3) is 5.69 Å². The van der Waals surface area contributed by atoms with E-state index in [1.54, 1.807) is 0 Å². The van der Waals surface area contributed by atoms with E-state index in [2.05, 4.69) is 14.5 Å². The van der Waals surface area contributed by atoms with E-state index < -0.39 is 0 Å². The zero-order chi connectivity index (χ0) is 12.1. The van der Waals surface area contributed by atoms with Gasteiger partial charge in [0.05, 0.1) is 0 Å². The highest BCUT2D eigenvalue weighted by atomic mass is 31.0. The molecule has 0 spiro atoms. The van der Waals surface area contributed by atoms with E-state index in [1.807, 2.05) is 53.4 Å². The number of amides is 1. The van der Waals surface area contributed by atoms with Crippen molar-refractivity contribution in [1.29, 1.82) is 0 Å². The summed E-state index contributed by atoms with van der Waals surface area (Å²) < 4.78 is 7.30. The molecule has 5 heteroatoms. The summed E-state index contributed by atoms with van der Waals surface area (Å²) in [5.41, 5.74) is 1.05. The van der Waals surface area contributed by atoms with E-state index in [0.717, 1.165) is 5.69 Å². The van der Waals surface area contributed by atoms with E-state index >= 15 is 0 Å². The van der Waals surface area contributed by atoms with Crippen LogP contribution < -0.4 is 9.82 Å². The molecule has 0 aliphatic rings. The van der Waals surface area contributed by atoms with Gasteiger partial charge in [-0.1, -0.05) is 0 Å². The Morgan fingerprint density at radius 3 is 2.47 bits per heavy atom. The van der Waals surface area contributed by atoms with E-state index in [-0.39, 0.29) is 12.5 Å². The van der Waals surface area contributed by atoms with E-state index in [4.69, 9.17) is 4.74 Å². The predicted octanol–water partition coefficient (Wildman–Crippen LogP) is 1.76. The molecule has 1 unspecified atom stereocenters. The van der Waals surface area contributed by atoms with Gasteiger partial charge in [-0.15, -0.1) is 0 Å². The number of benzene rings is 1. The van der Waals surface area contributed by atoms with Crippen LogP contribution in [0.5, 0.6) is 5.75 Å². The van der Waals surface area contributed by atoms with Crippen LogP contribution >= 0.6 is 9.39 Å². The summed E-state index contributed by atoms with van der Waals surface area (Å²) in [5.74, 6) is 0.499. The van der Waals surface area contributed by atoms with Gasteiger partial charge in [-0.05, 0) is 45.8 Å². The van der Waals surface area contributed by atoms with Gasteiger partial charge >= 0.3 is 0 Å². The second-order valence-corrected chi connectivity index (χ2v) is 3.73. The fourth-order valence-corrected chi connectivity index (χ4v) is 1.50. The Labute approximate surface area is 102 Å². The molecular weight excluding hydrogens is 235 g/mol. The standard InChI is InChI=1S/C12H13N2O2P/c15-12(13-17)9-16-11-5-3-10(4-6-11)14-7-1-2-8-14/h1-8H,9,17H2,(H,13,15). The number of aromatic nitrogens is 1. The highest BCUT2D eigenvalue weighted by Gasteiger charge is 2.00. The van der Waals surface area contributed by atoms with Crippen LogP contribution in [-0.4, -0.2) is 17.1 Å². The fraction of sp³-hybridized carbons (Fsp3) is 0.0833. The highest BCUT2D eigenvalue weighted by molar-refractivity contribution is 7.15. The maximum absolute atomic E-state index is 11.0. The Hall–Kier alpha value is -1.80. The molecule has 4 nitrogen and oxygen atoms in total. The van der Waals surface area contributed by atoms with Crippen LogP contribution in [0.1, 0.15) is 0 Å². The van der Waals surface area contributed by atoms with Crippen molar-refractivity contribution in [3.05, 3.63) is 48.8 Å². The molecule has 0 saturated heterocycles. The Balaban J connectivity index is 2.01. The van der Waals surface area contributed by atoms with Crippen LogP contribution in [0.15, 0.2) is 48.8 Å². The number of nitrogens with one attached hydrogen (secondary N) is 1. The van der Waals surface area contributed by atoms with Crippen molar-refractivity contribution in [3.63, 3.8) is 0 Å². The summed E-state index contributed by atoms with van der Waals surface area (Å²) >= 11 is 0. The second kappa shape index (κ2) is 5.51. The molecular formula is C12H13N2O2P. The zero-order valence-corrected chi connectivity index (χ0v) is 10.3. The van der Waals surface area contributed by atoms with Crippen molar-refractivity contribution in [1.82, 2.24) is 9.65 Å². The third-order valence-corrected chi connectivity index (χ3v) is 2.59. The van der Waals surface area contributed by atoms with E-state index in [1.165, 1.54) is 0 Å². The lowest BCUT2D eigenvalue weighted by Gasteiger charge is -2.07. The average Bonchev–Trinajstić information content (AvgIpc) is 2.90. The Kier molecular flexibility index (Phi) is 3.78. The normalized spacial score (nSPS) is 9.94. The third kappa shape index (κ3) is 3.08. The fourth-order valence-electron chi connectivity index (χ4n) is 1.41. The minimum absolute atomic E-state index is 0.0202. The number of hydrogen-bond donors (Lipinski definition) is 1. The Morgan fingerprint density at radius 1 is 1.24 bits per heavy atom. The van der Waals surface area contributed by atoms with Gasteiger partial charge in [-0.3, -0.25) is 4.79 Å². The molecule has 1 atom stereocenters. The molecule has 2 aromatic rings. The lowest BCUT2D eigenvalue weighted by Crippen LogP contribution is -2.20. The van der Waals surface area contributed by atoms with Crippen molar-refractivity contribution in [2.75, 3.05) is 6.61 Å². The summed E-state index contributed by atoms with van der Waals surface area (Å²) in [5, 5.41) is 2.42. The summed E-state index contributed by atoms with van der Waals surface area (Å²) in [4.78, 5) is 11.0. The molecule has 0 bridgehead atoms. The molecule has 1 amide bonds. The van der Waals surface area contributed by atoms with Crippen molar-refractivity contribution in [3.8, 4) is 11.4 Å². The summed E-state index contributed by atoms with van der Waals surface area (Å²) in [7, 11) is 2.14. The van der Waals surface area contributed by atoms with Crippen LogP contribution in [0, 0.1) is 0 Å². The topological polar surface area (TPSA) is 43.3 Å². The van der Waals surface area contributed by atoms with Crippen LogP contribution in [-0.2, 0) is 4.79 Å². The molecule has 88 valence electrons. The summed E-state index contributed by atoms with van der Waals surface area (Å²) in [6.07, 6.45) is 3.94. The molecule has 0 saturated carbocycles. The van der Waals surface area contributed by atoms with Crippen LogP contribution in [0.3, 0.4) is 0 Å². The molecule has 0 aliphatic carbocycles. The number of carbonyl (C=O) groups is 1. The van der Waals surface area contributed by atoms with Gasteiger partial charge in [0.25, 0.3) is 5.91 Å². The monoisotopic (exact) mass is 248 g/mol. The van der Waals surface area contributed by atoms with Gasteiger partial charge in [0.1, 0.15) is 5.75 Å².